The maximum absolute atomic E-state index is 6.43. The van der Waals surface area contributed by atoms with Gasteiger partial charge in [0.05, 0.1) is 12.7 Å². The summed E-state index contributed by atoms with van der Waals surface area (Å²) in [5, 5.41) is 0. The summed E-state index contributed by atoms with van der Waals surface area (Å²) in [5.41, 5.74) is 1.47. The Morgan fingerprint density at radius 3 is 2.32 bits per heavy atom. The van der Waals surface area contributed by atoms with Gasteiger partial charge in [0.15, 0.2) is 5.79 Å². The highest BCUT2D eigenvalue weighted by Crippen LogP contribution is 2.43. The SMILES string of the molecule is CCCN(CCC)CCC1COC2(CCC(c3ccccc3)CC2)O1. The van der Waals surface area contributed by atoms with Gasteiger partial charge >= 0.3 is 0 Å². The zero-order valence-electron chi connectivity index (χ0n) is 16.1. The van der Waals surface area contributed by atoms with Gasteiger partial charge in [-0.1, -0.05) is 44.2 Å². The van der Waals surface area contributed by atoms with Gasteiger partial charge in [0, 0.05) is 19.4 Å². The molecule has 0 radical (unpaired) electrons. The third kappa shape index (κ3) is 5.06. The molecule has 1 aliphatic heterocycles. The van der Waals surface area contributed by atoms with E-state index in [4.69, 9.17) is 9.47 Å². The van der Waals surface area contributed by atoms with Crippen molar-refractivity contribution in [1.29, 1.82) is 0 Å². The first-order valence-corrected chi connectivity index (χ1v) is 10.3. The van der Waals surface area contributed by atoms with E-state index in [1.165, 1.54) is 44.3 Å². The Bertz CT molecular complexity index is 490. The molecule has 1 unspecified atom stereocenters. The highest BCUT2D eigenvalue weighted by Gasteiger charge is 2.44. The Morgan fingerprint density at radius 1 is 1.00 bits per heavy atom. The minimum atomic E-state index is -0.281. The molecule has 1 aliphatic carbocycles. The summed E-state index contributed by atoms with van der Waals surface area (Å²) in [7, 11) is 0. The Kier molecular flexibility index (Phi) is 6.92. The molecule has 0 aromatic heterocycles. The Hall–Kier alpha value is -0.900. The second-order valence-electron chi connectivity index (χ2n) is 7.78. The largest absolute Gasteiger partial charge is 0.347 e. The molecule has 3 heteroatoms. The summed E-state index contributed by atoms with van der Waals surface area (Å²) in [5.74, 6) is 0.388. The van der Waals surface area contributed by atoms with E-state index in [2.05, 4.69) is 49.1 Å². The van der Waals surface area contributed by atoms with Crippen molar-refractivity contribution >= 4 is 0 Å². The molecule has 3 nitrogen and oxygen atoms in total. The first-order chi connectivity index (χ1) is 12.2. The molecule has 1 spiro atoms. The van der Waals surface area contributed by atoms with Crippen LogP contribution in [0.4, 0.5) is 0 Å². The zero-order valence-corrected chi connectivity index (χ0v) is 16.1. The van der Waals surface area contributed by atoms with Gasteiger partial charge in [-0.25, -0.2) is 0 Å². The smallest absolute Gasteiger partial charge is 0.168 e. The van der Waals surface area contributed by atoms with Crippen LogP contribution in [0.15, 0.2) is 30.3 Å². The van der Waals surface area contributed by atoms with Crippen LogP contribution in [0.3, 0.4) is 0 Å². The van der Waals surface area contributed by atoms with E-state index in [1.807, 2.05) is 0 Å². The fourth-order valence-electron chi connectivity index (χ4n) is 4.43. The number of nitrogens with zero attached hydrogens (tertiary/aromatic N) is 1. The van der Waals surface area contributed by atoms with Gasteiger partial charge in [0.2, 0.25) is 0 Å². The molecule has 1 saturated carbocycles. The van der Waals surface area contributed by atoms with Crippen LogP contribution in [-0.4, -0.2) is 43.0 Å². The third-order valence-electron chi connectivity index (χ3n) is 5.78. The lowest BCUT2D eigenvalue weighted by Crippen LogP contribution is -2.36. The molecule has 1 aromatic rings. The summed E-state index contributed by atoms with van der Waals surface area (Å²) < 4.78 is 12.6. The predicted octanol–water partition coefficient (Wildman–Crippen LogP) is 4.97. The van der Waals surface area contributed by atoms with Gasteiger partial charge in [0.1, 0.15) is 0 Å². The molecule has 1 atom stereocenters. The number of ether oxygens (including phenoxy) is 2. The minimum Gasteiger partial charge on any atom is -0.347 e. The van der Waals surface area contributed by atoms with Crippen LogP contribution in [0.2, 0.25) is 0 Å². The van der Waals surface area contributed by atoms with Gasteiger partial charge < -0.3 is 14.4 Å². The molecule has 1 saturated heterocycles. The molecule has 25 heavy (non-hydrogen) atoms. The molecular formula is C22H35NO2. The van der Waals surface area contributed by atoms with Gasteiger partial charge in [-0.15, -0.1) is 0 Å². The average Bonchev–Trinajstić information content (AvgIpc) is 3.04. The van der Waals surface area contributed by atoms with Crippen LogP contribution in [0, 0.1) is 0 Å². The van der Waals surface area contributed by atoms with E-state index in [0.29, 0.717) is 5.92 Å². The van der Waals surface area contributed by atoms with Crippen LogP contribution in [-0.2, 0) is 9.47 Å². The quantitative estimate of drug-likeness (QED) is 0.664. The van der Waals surface area contributed by atoms with E-state index >= 15 is 0 Å². The lowest BCUT2D eigenvalue weighted by molar-refractivity contribution is -0.189. The van der Waals surface area contributed by atoms with Crippen molar-refractivity contribution in [2.75, 3.05) is 26.2 Å². The normalized spacial score (nSPS) is 29.6. The van der Waals surface area contributed by atoms with Crippen LogP contribution in [0.5, 0.6) is 0 Å². The maximum Gasteiger partial charge on any atom is 0.168 e. The van der Waals surface area contributed by atoms with Crippen molar-refractivity contribution in [2.24, 2.45) is 0 Å². The minimum absolute atomic E-state index is 0.281. The standard InChI is InChI=1S/C22H35NO2/c1-3-15-23(16-4-2)17-12-21-18-24-22(25-21)13-10-20(11-14-22)19-8-6-5-7-9-19/h5-9,20-21H,3-4,10-18H2,1-2H3. The van der Waals surface area contributed by atoms with Crippen molar-refractivity contribution in [3.8, 4) is 0 Å². The van der Waals surface area contributed by atoms with Gasteiger partial charge in [0.25, 0.3) is 0 Å². The van der Waals surface area contributed by atoms with E-state index in [-0.39, 0.29) is 11.9 Å². The van der Waals surface area contributed by atoms with Crippen LogP contribution in [0.25, 0.3) is 0 Å². The van der Waals surface area contributed by atoms with Gasteiger partial charge in [-0.05, 0) is 56.7 Å². The number of benzene rings is 1. The Balaban J connectivity index is 1.45. The molecular weight excluding hydrogens is 310 g/mol. The molecule has 0 N–H and O–H groups in total. The highest BCUT2D eigenvalue weighted by atomic mass is 16.7. The highest BCUT2D eigenvalue weighted by molar-refractivity contribution is 5.20. The summed E-state index contributed by atoms with van der Waals surface area (Å²) >= 11 is 0. The lowest BCUT2D eigenvalue weighted by Gasteiger charge is -2.36. The van der Waals surface area contributed by atoms with Crippen molar-refractivity contribution in [2.45, 2.75) is 76.6 Å². The van der Waals surface area contributed by atoms with E-state index in [9.17, 15) is 0 Å². The molecule has 3 rings (SSSR count). The Morgan fingerprint density at radius 2 is 1.68 bits per heavy atom. The molecule has 1 heterocycles. The molecule has 0 bridgehead atoms. The van der Waals surface area contributed by atoms with E-state index < -0.39 is 0 Å². The number of hydrogen-bond acceptors (Lipinski definition) is 3. The van der Waals surface area contributed by atoms with Gasteiger partial charge in [-0.3, -0.25) is 0 Å². The van der Waals surface area contributed by atoms with Crippen LogP contribution in [0.1, 0.15) is 70.3 Å². The molecule has 2 fully saturated rings. The second kappa shape index (κ2) is 9.16. The topological polar surface area (TPSA) is 21.7 Å². The van der Waals surface area contributed by atoms with Gasteiger partial charge in [-0.2, -0.15) is 0 Å². The third-order valence-corrected chi connectivity index (χ3v) is 5.78. The van der Waals surface area contributed by atoms with Crippen LogP contribution >= 0.6 is 0 Å². The molecule has 140 valence electrons. The Labute approximate surface area is 153 Å². The van der Waals surface area contributed by atoms with Crippen molar-refractivity contribution in [1.82, 2.24) is 4.90 Å². The molecule has 1 aromatic carbocycles. The van der Waals surface area contributed by atoms with E-state index in [1.54, 1.807) is 0 Å². The van der Waals surface area contributed by atoms with Crippen molar-refractivity contribution in [3.05, 3.63) is 35.9 Å². The summed E-state index contributed by atoms with van der Waals surface area (Å²) in [6.45, 7) is 8.84. The monoisotopic (exact) mass is 345 g/mol. The van der Waals surface area contributed by atoms with Crippen LogP contribution < -0.4 is 0 Å². The maximum atomic E-state index is 6.43. The second-order valence-corrected chi connectivity index (χ2v) is 7.78. The molecule has 2 aliphatic rings. The summed E-state index contributed by atoms with van der Waals surface area (Å²) in [6.07, 6.45) is 8.27. The lowest BCUT2D eigenvalue weighted by atomic mass is 9.81. The predicted molar refractivity (Wildman–Crippen MR) is 103 cm³/mol. The van der Waals surface area contributed by atoms with Crippen molar-refractivity contribution in [3.63, 3.8) is 0 Å². The first-order valence-electron chi connectivity index (χ1n) is 10.3. The summed E-state index contributed by atoms with van der Waals surface area (Å²) in [6, 6.07) is 10.9. The van der Waals surface area contributed by atoms with Crippen molar-refractivity contribution < 1.29 is 9.47 Å². The average molecular weight is 346 g/mol. The number of hydrogen-bond donors (Lipinski definition) is 0. The first kappa shape index (κ1) is 18.9. The summed E-state index contributed by atoms with van der Waals surface area (Å²) in [4.78, 5) is 2.57. The molecule has 0 amide bonds. The fourth-order valence-corrected chi connectivity index (χ4v) is 4.43. The zero-order chi connectivity index (χ0) is 17.5. The van der Waals surface area contributed by atoms with E-state index in [0.717, 1.165) is 32.4 Å². The fraction of sp³-hybridized carbons (Fsp3) is 0.727. The number of rotatable bonds is 8.